The fraction of sp³-hybridized carbons (Fsp3) is 0.433. The highest BCUT2D eigenvalue weighted by atomic mass is 35.5. The second kappa shape index (κ2) is 10.7. The van der Waals surface area contributed by atoms with Gasteiger partial charge in [-0.25, -0.2) is 9.37 Å². The molecule has 0 bridgehead atoms. The molecule has 1 N–H and O–H groups in total. The Morgan fingerprint density at radius 2 is 2.00 bits per heavy atom. The normalized spacial score (nSPS) is 24.9. The third-order valence-corrected chi connectivity index (χ3v) is 10.00. The molecule has 2 aliphatic rings. The van der Waals surface area contributed by atoms with Crippen LogP contribution in [0.15, 0.2) is 34.9 Å². The van der Waals surface area contributed by atoms with E-state index in [1.165, 1.54) is 17.4 Å². The molecule has 2 unspecified atom stereocenters. The van der Waals surface area contributed by atoms with E-state index in [0.29, 0.717) is 56.4 Å². The second-order valence-electron chi connectivity index (χ2n) is 11.0. The molecule has 0 amide bonds. The van der Waals surface area contributed by atoms with Gasteiger partial charge in [0.05, 0.1) is 39.1 Å². The quantitative estimate of drug-likeness (QED) is 0.229. The number of halogens is 3. The first-order chi connectivity index (χ1) is 19.2. The third-order valence-electron chi connectivity index (χ3n) is 8.17. The predicted molar refractivity (Wildman–Crippen MR) is 153 cm³/mol. The van der Waals surface area contributed by atoms with Crippen molar-refractivity contribution >= 4 is 44.8 Å². The highest BCUT2D eigenvalue weighted by Crippen LogP contribution is 2.49. The van der Waals surface area contributed by atoms with Crippen LogP contribution in [0, 0.1) is 29.0 Å². The summed E-state index contributed by atoms with van der Waals surface area (Å²) in [5.41, 5.74) is 1.34. The highest BCUT2D eigenvalue weighted by molar-refractivity contribution is 7.18. The Bertz CT molecular complexity index is 1610. The van der Waals surface area contributed by atoms with Crippen molar-refractivity contribution in [3.63, 3.8) is 0 Å². The molecule has 40 heavy (non-hydrogen) atoms. The van der Waals surface area contributed by atoms with Crippen LogP contribution in [-0.4, -0.2) is 21.4 Å². The van der Waals surface area contributed by atoms with Crippen LogP contribution in [0.25, 0.3) is 21.5 Å². The number of thiazole rings is 1. The van der Waals surface area contributed by atoms with Gasteiger partial charge in [0.2, 0.25) is 0 Å². The number of nitriles is 1. The summed E-state index contributed by atoms with van der Waals surface area (Å²) in [5.74, 6) is 0.626. The van der Waals surface area contributed by atoms with Gasteiger partial charge >= 0.3 is 0 Å². The molecular formula is C30H28Cl2FN3O3S. The summed E-state index contributed by atoms with van der Waals surface area (Å²) in [7, 11) is 0. The maximum Gasteiger partial charge on any atom is 0.151 e. The summed E-state index contributed by atoms with van der Waals surface area (Å²) in [6.07, 6.45) is 3.61. The molecule has 4 atom stereocenters. The molecule has 0 radical (unpaired) electrons. The predicted octanol–water partition coefficient (Wildman–Crippen LogP) is 8.38. The Morgan fingerprint density at radius 3 is 2.67 bits per heavy atom. The van der Waals surface area contributed by atoms with Crippen molar-refractivity contribution in [2.45, 2.75) is 70.2 Å². The number of ether oxygens (including phenoxy) is 1. The number of nitrogens with zero attached hydrogens (tertiary/aromatic N) is 3. The van der Waals surface area contributed by atoms with Crippen molar-refractivity contribution in [3.8, 4) is 17.3 Å². The summed E-state index contributed by atoms with van der Waals surface area (Å²) < 4.78 is 27.6. The number of hydrogen-bond acceptors (Lipinski definition) is 7. The van der Waals surface area contributed by atoms with E-state index in [4.69, 9.17) is 32.5 Å². The van der Waals surface area contributed by atoms with E-state index in [2.05, 4.69) is 24.0 Å². The molecule has 2 aromatic carbocycles. The molecule has 6 rings (SSSR count). The first-order valence-electron chi connectivity index (χ1n) is 13.5. The van der Waals surface area contributed by atoms with Crippen LogP contribution in [0.2, 0.25) is 10.0 Å². The van der Waals surface area contributed by atoms with Crippen LogP contribution in [0.4, 0.5) is 4.39 Å². The van der Waals surface area contributed by atoms with Gasteiger partial charge in [0, 0.05) is 17.0 Å². The van der Waals surface area contributed by atoms with Crippen molar-refractivity contribution in [1.82, 2.24) is 10.1 Å². The Labute approximate surface area is 245 Å². The molecule has 0 saturated heterocycles. The van der Waals surface area contributed by atoms with Crippen LogP contribution < -0.4 is 0 Å². The van der Waals surface area contributed by atoms with Gasteiger partial charge in [0.15, 0.2) is 5.82 Å². The van der Waals surface area contributed by atoms with Crippen molar-refractivity contribution < 1.29 is 18.8 Å². The summed E-state index contributed by atoms with van der Waals surface area (Å²) in [5, 5.41) is 26.9. The van der Waals surface area contributed by atoms with Crippen molar-refractivity contribution in [2.75, 3.05) is 0 Å². The van der Waals surface area contributed by atoms with Crippen LogP contribution in [-0.2, 0) is 16.9 Å². The number of aliphatic hydroxyl groups is 1. The molecule has 0 spiro atoms. The number of fused-ring (bicyclic) bond motifs is 1. The summed E-state index contributed by atoms with van der Waals surface area (Å²) in [6, 6.07) is 10.2. The van der Waals surface area contributed by atoms with Gasteiger partial charge < -0.3 is 14.4 Å². The van der Waals surface area contributed by atoms with E-state index in [0.717, 1.165) is 30.6 Å². The lowest BCUT2D eigenvalue weighted by Gasteiger charge is -2.44. The molecule has 4 aromatic rings. The lowest BCUT2D eigenvalue weighted by Crippen LogP contribution is -2.45. The highest BCUT2D eigenvalue weighted by Gasteiger charge is 2.46. The van der Waals surface area contributed by atoms with E-state index in [1.54, 1.807) is 24.3 Å². The summed E-state index contributed by atoms with van der Waals surface area (Å²) in [4.78, 5) is 4.50. The maximum absolute atomic E-state index is 14.6. The van der Waals surface area contributed by atoms with Crippen molar-refractivity contribution in [3.05, 3.63) is 68.1 Å². The van der Waals surface area contributed by atoms with E-state index in [9.17, 15) is 14.8 Å². The molecule has 2 heterocycles. The van der Waals surface area contributed by atoms with Gasteiger partial charge in [-0.3, -0.25) is 0 Å². The third kappa shape index (κ3) is 4.93. The smallest absolute Gasteiger partial charge is 0.151 e. The van der Waals surface area contributed by atoms with Crippen molar-refractivity contribution in [2.24, 2.45) is 11.8 Å². The van der Waals surface area contributed by atoms with Gasteiger partial charge in [-0.05, 0) is 61.8 Å². The Hall–Kier alpha value is -2.54. The fourth-order valence-corrected chi connectivity index (χ4v) is 7.78. The van der Waals surface area contributed by atoms with Crippen LogP contribution >= 0.6 is 34.5 Å². The lowest BCUT2D eigenvalue weighted by molar-refractivity contribution is -0.126. The minimum absolute atomic E-state index is 0.00758. The monoisotopic (exact) mass is 599 g/mol. The molecule has 2 aromatic heterocycles. The second-order valence-corrected chi connectivity index (χ2v) is 12.9. The minimum Gasteiger partial charge on any atom is -0.383 e. The van der Waals surface area contributed by atoms with Gasteiger partial charge in [-0.15, -0.1) is 11.3 Å². The van der Waals surface area contributed by atoms with Gasteiger partial charge in [0.25, 0.3) is 0 Å². The maximum atomic E-state index is 14.6. The molecule has 2 aliphatic carbocycles. The fourth-order valence-electron chi connectivity index (χ4n) is 6.08. The zero-order valence-corrected chi connectivity index (χ0v) is 24.4. The SMILES string of the molecule is CC[C@@H]1CC(O)(c2nc3c(F)cc(C#N)cc3s2)C[C@H](C)C1OCc1c(-c2c(Cl)cccc2Cl)noc1C1CC1. The summed E-state index contributed by atoms with van der Waals surface area (Å²) >= 11 is 14.3. The Morgan fingerprint density at radius 1 is 1.25 bits per heavy atom. The molecule has 6 nitrogen and oxygen atoms in total. The minimum atomic E-state index is -1.21. The Kier molecular flexibility index (Phi) is 7.39. The number of aromatic nitrogens is 2. The first kappa shape index (κ1) is 27.6. The lowest BCUT2D eigenvalue weighted by atomic mass is 9.70. The molecule has 208 valence electrons. The molecule has 0 aliphatic heterocycles. The van der Waals surface area contributed by atoms with E-state index in [-0.39, 0.29) is 29.0 Å². The standard InChI is InChI=1S/C30H28Cl2FN3O3S/c1-3-17-12-30(37,29-35-26-22(33)9-16(13-34)10-23(26)40-29)11-15(2)27(17)38-14-19-25(36-39-28(19)18-7-8-18)24-20(31)5-4-6-21(24)32/h4-6,9-10,15,17-18,27,37H,3,7-8,11-12,14H2,1-2H3/t15-,17+,27?,30?/m0/s1. The van der Waals surface area contributed by atoms with E-state index in [1.807, 2.05) is 6.07 Å². The zero-order chi connectivity index (χ0) is 28.2. The van der Waals surface area contributed by atoms with Crippen LogP contribution in [0.1, 0.15) is 73.8 Å². The van der Waals surface area contributed by atoms with Crippen molar-refractivity contribution in [1.29, 1.82) is 5.26 Å². The largest absolute Gasteiger partial charge is 0.383 e. The van der Waals surface area contributed by atoms with Gasteiger partial charge in [-0.2, -0.15) is 5.26 Å². The van der Waals surface area contributed by atoms with Gasteiger partial charge in [-0.1, -0.05) is 54.7 Å². The van der Waals surface area contributed by atoms with Crippen LogP contribution in [0.3, 0.4) is 0 Å². The zero-order valence-electron chi connectivity index (χ0n) is 22.1. The first-order valence-corrected chi connectivity index (χ1v) is 15.1. The molecule has 2 fully saturated rings. The van der Waals surface area contributed by atoms with Crippen LogP contribution in [0.5, 0.6) is 0 Å². The molecule has 10 heteroatoms. The Balaban J connectivity index is 1.27. The summed E-state index contributed by atoms with van der Waals surface area (Å²) in [6.45, 7) is 4.44. The average Bonchev–Trinajstić information content (AvgIpc) is 3.53. The van der Waals surface area contributed by atoms with E-state index < -0.39 is 11.4 Å². The molecular weight excluding hydrogens is 572 g/mol. The van der Waals surface area contributed by atoms with Gasteiger partial charge in [0.1, 0.15) is 27.6 Å². The topological polar surface area (TPSA) is 92.2 Å². The molecule has 2 saturated carbocycles. The number of hydrogen-bond donors (Lipinski definition) is 1. The average molecular weight is 601 g/mol. The van der Waals surface area contributed by atoms with E-state index >= 15 is 0 Å². The number of benzene rings is 2. The number of rotatable bonds is 7.